The van der Waals surface area contributed by atoms with E-state index in [0.717, 1.165) is 28.0 Å². The number of hydrogen-bond acceptors (Lipinski definition) is 4. The number of hydrogen-bond donors (Lipinski definition) is 3. The van der Waals surface area contributed by atoms with E-state index in [-0.39, 0.29) is 0 Å². The molecule has 0 amide bonds. The molecule has 21 heavy (non-hydrogen) atoms. The van der Waals surface area contributed by atoms with Crippen molar-refractivity contribution in [1.29, 1.82) is 0 Å². The number of aromatic nitrogens is 2. The van der Waals surface area contributed by atoms with E-state index in [2.05, 4.69) is 10.2 Å². The molecule has 2 aromatic carbocycles. The fraction of sp³-hybridized carbons (Fsp3) is 0.0625. The highest BCUT2D eigenvalue weighted by molar-refractivity contribution is 5.81. The van der Waals surface area contributed by atoms with Crippen LogP contribution in [0, 0.1) is 0 Å². The van der Waals surface area contributed by atoms with Gasteiger partial charge in [0, 0.05) is 16.8 Å². The molecule has 3 aromatic rings. The quantitative estimate of drug-likeness (QED) is 0.643. The molecule has 0 atom stereocenters. The molecular weight excluding hydrogens is 264 g/mol. The van der Waals surface area contributed by atoms with Crippen LogP contribution in [0.2, 0.25) is 0 Å². The zero-order valence-electron chi connectivity index (χ0n) is 11.6. The third-order valence-electron chi connectivity index (χ3n) is 3.38. The Hall–Kier alpha value is -2.95. The molecule has 5 heteroatoms. The molecule has 3 rings (SSSR count). The van der Waals surface area contributed by atoms with Crippen molar-refractivity contribution in [3.05, 3.63) is 48.7 Å². The molecule has 0 bridgehead atoms. The number of benzene rings is 2. The average Bonchev–Trinajstić information content (AvgIpc) is 2.93. The predicted molar refractivity (Wildman–Crippen MR) is 84.8 cm³/mol. The lowest BCUT2D eigenvalue weighted by Gasteiger charge is -2.11. The summed E-state index contributed by atoms with van der Waals surface area (Å²) in [5.74, 6) is 1.32. The topological polar surface area (TPSA) is 89.9 Å². The Morgan fingerprint density at radius 2 is 1.81 bits per heavy atom. The monoisotopic (exact) mass is 280 g/mol. The predicted octanol–water partition coefficient (Wildman–Crippen LogP) is 2.92. The highest BCUT2D eigenvalue weighted by atomic mass is 16.5. The maximum absolute atomic E-state index is 5.89. The molecule has 0 aliphatic carbocycles. The van der Waals surface area contributed by atoms with Gasteiger partial charge in [0.1, 0.15) is 11.6 Å². The first-order chi connectivity index (χ1) is 10.2. The minimum atomic E-state index is 0.540. The summed E-state index contributed by atoms with van der Waals surface area (Å²) in [7, 11) is 1.65. The first-order valence-corrected chi connectivity index (χ1v) is 6.52. The third-order valence-corrected chi connectivity index (χ3v) is 3.38. The summed E-state index contributed by atoms with van der Waals surface area (Å²) in [6, 6.07) is 13.6. The number of rotatable bonds is 3. The van der Waals surface area contributed by atoms with Crippen molar-refractivity contribution in [2.45, 2.75) is 0 Å². The Morgan fingerprint density at radius 1 is 1.00 bits per heavy atom. The van der Waals surface area contributed by atoms with Crippen LogP contribution in [0.5, 0.6) is 5.75 Å². The van der Waals surface area contributed by atoms with Gasteiger partial charge >= 0.3 is 0 Å². The summed E-state index contributed by atoms with van der Waals surface area (Å²) in [6.07, 6.45) is 1.71. The number of anilines is 2. The molecule has 0 unspecified atom stereocenters. The van der Waals surface area contributed by atoms with Crippen molar-refractivity contribution in [1.82, 2.24) is 10.2 Å². The molecule has 5 nitrogen and oxygen atoms in total. The lowest BCUT2D eigenvalue weighted by atomic mass is 9.99. The van der Waals surface area contributed by atoms with Gasteiger partial charge in [-0.1, -0.05) is 18.2 Å². The van der Waals surface area contributed by atoms with Crippen molar-refractivity contribution in [3.63, 3.8) is 0 Å². The number of H-pyrrole nitrogens is 1. The van der Waals surface area contributed by atoms with E-state index < -0.39 is 0 Å². The van der Waals surface area contributed by atoms with Crippen LogP contribution in [-0.4, -0.2) is 17.3 Å². The standard InChI is InChI=1S/C16H16N4O/c1-21-15-6-5-11(14-9-19-20-16(14)18)8-13(15)10-3-2-4-12(17)7-10/h2-9H,17H2,1H3,(H3,18,19,20). The van der Waals surface area contributed by atoms with Crippen LogP contribution in [0.15, 0.2) is 48.7 Å². The first-order valence-electron chi connectivity index (χ1n) is 6.52. The number of nitrogens with zero attached hydrogens (tertiary/aromatic N) is 1. The number of ether oxygens (including phenoxy) is 1. The van der Waals surface area contributed by atoms with E-state index in [0.29, 0.717) is 11.5 Å². The summed E-state index contributed by atoms with van der Waals surface area (Å²) in [5.41, 5.74) is 16.3. The second-order valence-corrected chi connectivity index (χ2v) is 4.74. The van der Waals surface area contributed by atoms with E-state index in [9.17, 15) is 0 Å². The fourth-order valence-corrected chi connectivity index (χ4v) is 2.33. The first kappa shape index (κ1) is 13.1. The number of methoxy groups -OCH3 is 1. The highest BCUT2D eigenvalue weighted by Crippen LogP contribution is 2.35. The fourth-order valence-electron chi connectivity index (χ4n) is 2.33. The number of nitrogens with one attached hydrogen (secondary N) is 1. The van der Waals surface area contributed by atoms with Gasteiger partial charge in [-0.25, -0.2) is 0 Å². The summed E-state index contributed by atoms with van der Waals surface area (Å²) in [6.45, 7) is 0. The molecule has 1 aromatic heterocycles. The maximum atomic E-state index is 5.89. The Labute approximate surface area is 122 Å². The smallest absolute Gasteiger partial charge is 0.126 e. The van der Waals surface area contributed by atoms with Crippen LogP contribution in [-0.2, 0) is 0 Å². The zero-order chi connectivity index (χ0) is 14.8. The minimum absolute atomic E-state index is 0.540. The molecule has 0 saturated heterocycles. The van der Waals surface area contributed by atoms with Crippen molar-refractivity contribution >= 4 is 11.5 Å². The molecule has 5 N–H and O–H groups in total. The molecular formula is C16H16N4O. The molecule has 0 saturated carbocycles. The van der Waals surface area contributed by atoms with E-state index in [1.165, 1.54) is 0 Å². The largest absolute Gasteiger partial charge is 0.496 e. The molecule has 0 spiro atoms. The van der Waals surface area contributed by atoms with Crippen LogP contribution in [0.4, 0.5) is 11.5 Å². The SMILES string of the molecule is COc1ccc(-c2cn[nH]c2N)cc1-c1cccc(N)c1. The third kappa shape index (κ3) is 2.41. The van der Waals surface area contributed by atoms with Gasteiger partial charge in [0.15, 0.2) is 0 Å². The summed E-state index contributed by atoms with van der Waals surface area (Å²) < 4.78 is 5.45. The van der Waals surface area contributed by atoms with Crippen molar-refractivity contribution in [3.8, 4) is 28.0 Å². The van der Waals surface area contributed by atoms with E-state index in [4.69, 9.17) is 16.2 Å². The van der Waals surface area contributed by atoms with Gasteiger partial charge in [-0.2, -0.15) is 5.10 Å². The number of nitrogen functional groups attached to an aromatic ring is 2. The molecule has 0 aliphatic rings. The molecule has 106 valence electrons. The summed E-state index contributed by atoms with van der Waals surface area (Å²) >= 11 is 0. The second-order valence-electron chi connectivity index (χ2n) is 4.74. The Kier molecular flexibility index (Phi) is 3.23. The van der Waals surface area contributed by atoms with Crippen LogP contribution in [0.3, 0.4) is 0 Å². The van der Waals surface area contributed by atoms with Crippen LogP contribution < -0.4 is 16.2 Å². The lowest BCUT2D eigenvalue weighted by molar-refractivity contribution is 0.416. The number of nitrogens with two attached hydrogens (primary N) is 2. The Balaban J connectivity index is 2.16. The van der Waals surface area contributed by atoms with Gasteiger partial charge in [0.05, 0.1) is 13.3 Å². The molecule has 0 aliphatic heterocycles. The van der Waals surface area contributed by atoms with Gasteiger partial charge in [0.2, 0.25) is 0 Å². The van der Waals surface area contributed by atoms with Crippen molar-refractivity contribution in [2.24, 2.45) is 0 Å². The van der Waals surface area contributed by atoms with Crippen molar-refractivity contribution < 1.29 is 4.74 Å². The molecule has 0 fully saturated rings. The summed E-state index contributed by atoms with van der Waals surface area (Å²) in [4.78, 5) is 0. The zero-order valence-corrected chi connectivity index (χ0v) is 11.6. The van der Waals surface area contributed by atoms with Gasteiger partial charge in [-0.05, 0) is 35.4 Å². The summed E-state index contributed by atoms with van der Waals surface area (Å²) in [5, 5.41) is 6.70. The van der Waals surface area contributed by atoms with E-state index in [1.807, 2.05) is 42.5 Å². The van der Waals surface area contributed by atoms with Crippen LogP contribution >= 0.6 is 0 Å². The van der Waals surface area contributed by atoms with Gasteiger partial charge in [-0.3, -0.25) is 5.10 Å². The maximum Gasteiger partial charge on any atom is 0.126 e. The molecule has 0 radical (unpaired) electrons. The van der Waals surface area contributed by atoms with Crippen molar-refractivity contribution in [2.75, 3.05) is 18.6 Å². The highest BCUT2D eigenvalue weighted by Gasteiger charge is 2.11. The van der Waals surface area contributed by atoms with Crippen LogP contribution in [0.1, 0.15) is 0 Å². The normalized spacial score (nSPS) is 10.5. The van der Waals surface area contributed by atoms with Gasteiger partial charge in [0.25, 0.3) is 0 Å². The Morgan fingerprint density at radius 3 is 2.48 bits per heavy atom. The van der Waals surface area contributed by atoms with E-state index in [1.54, 1.807) is 13.3 Å². The Bertz CT molecular complexity index is 779. The molecule has 1 heterocycles. The average molecular weight is 280 g/mol. The van der Waals surface area contributed by atoms with Gasteiger partial charge < -0.3 is 16.2 Å². The van der Waals surface area contributed by atoms with E-state index >= 15 is 0 Å². The lowest BCUT2D eigenvalue weighted by Crippen LogP contribution is -1.92. The van der Waals surface area contributed by atoms with Gasteiger partial charge in [-0.15, -0.1) is 0 Å². The minimum Gasteiger partial charge on any atom is -0.496 e. The van der Waals surface area contributed by atoms with Crippen LogP contribution in [0.25, 0.3) is 22.3 Å². The second kappa shape index (κ2) is 5.20. The number of aromatic amines is 1.